The predicted octanol–water partition coefficient (Wildman–Crippen LogP) is 3.64. The molecule has 0 aliphatic carbocycles. The minimum Gasteiger partial charge on any atom is -0.383 e. The van der Waals surface area contributed by atoms with Gasteiger partial charge in [0, 0.05) is 35.3 Å². The lowest BCUT2D eigenvalue weighted by Crippen LogP contribution is -2.44. The molecule has 0 aromatic heterocycles. The molecule has 2 aromatic carbocycles. The fraction of sp³-hybridized carbons (Fsp3) is 0.350. The monoisotopic (exact) mass is 458 g/mol. The summed E-state index contributed by atoms with van der Waals surface area (Å²) >= 11 is 12.5. The Hall–Kier alpha value is -1.64. The van der Waals surface area contributed by atoms with Crippen LogP contribution in [0.2, 0.25) is 10.0 Å². The molecule has 0 radical (unpaired) electrons. The molecule has 9 heteroatoms. The molecule has 1 amide bonds. The molecule has 0 heterocycles. The summed E-state index contributed by atoms with van der Waals surface area (Å²) < 4.78 is 32.6. The molecule has 2 aromatic rings. The summed E-state index contributed by atoms with van der Waals surface area (Å²) in [5.74, 6) is -0.451. The average molecular weight is 459 g/mol. The van der Waals surface area contributed by atoms with E-state index in [9.17, 15) is 13.2 Å². The van der Waals surface area contributed by atoms with Gasteiger partial charge < -0.3 is 10.1 Å². The van der Waals surface area contributed by atoms with Gasteiger partial charge in [0.25, 0.3) is 0 Å². The zero-order chi connectivity index (χ0) is 21.6. The number of ether oxygens (including phenoxy) is 1. The first-order chi connectivity index (χ1) is 13.6. The molecule has 0 saturated heterocycles. The molecule has 158 valence electrons. The van der Waals surface area contributed by atoms with E-state index in [-0.39, 0.29) is 24.0 Å². The standard InChI is InChI=1S/C20H24Cl2N2O4S/c1-14-7-9-16(10-8-14)29(26,27)24(12-20(25)23-15(2)13-28-3)11-17-18(21)5-4-6-19(17)22/h4-10,15H,11-13H2,1-3H3,(H,23,25)/t15-/m1/s1. The summed E-state index contributed by atoms with van der Waals surface area (Å²) in [6.45, 7) is 3.42. The Morgan fingerprint density at radius 2 is 1.72 bits per heavy atom. The molecule has 0 unspecified atom stereocenters. The van der Waals surface area contributed by atoms with Crippen LogP contribution in [-0.2, 0) is 26.1 Å². The number of sulfonamides is 1. The number of carbonyl (C=O) groups is 1. The van der Waals surface area contributed by atoms with Crippen LogP contribution in [0.25, 0.3) is 0 Å². The summed E-state index contributed by atoms with van der Waals surface area (Å²) in [5.41, 5.74) is 1.36. The van der Waals surface area contributed by atoms with Crippen molar-refractivity contribution in [3.05, 3.63) is 63.6 Å². The number of nitrogens with zero attached hydrogens (tertiary/aromatic N) is 1. The van der Waals surface area contributed by atoms with Crippen LogP contribution in [0.5, 0.6) is 0 Å². The smallest absolute Gasteiger partial charge is 0.243 e. The Morgan fingerprint density at radius 1 is 1.14 bits per heavy atom. The number of nitrogens with one attached hydrogen (secondary N) is 1. The zero-order valence-corrected chi connectivity index (χ0v) is 18.8. The van der Waals surface area contributed by atoms with Gasteiger partial charge in [0.1, 0.15) is 0 Å². The molecule has 6 nitrogen and oxygen atoms in total. The quantitative estimate of drug-likeness (QED) is 0.621. The van der Waals surface area contributed by atoms with Gasteiger partial charge in [0.2, 0.25) is 15.9 Å². The molecule has 0 saturated carbocycles. The molecule has 0 fully saturated rings. The highest BCUT2D eigenvalue weighted by atomic mass is 35.5. The summed E-state index contributed by atoms with van der Waals surface area (Å²) in [4.78, 5) is 12.6. The van der Waals surface area contributed by atoms with Gasteiger partial charge in [-0.15, -0.1) is 0 Å². The summed E-state index contributed by atoms with van der Waals surface area (Å²) in [7, 11) is -2.44. The largest absolute Gasteiger partial charge is 0.383 e. The Labute approximate surface area is 181 Å². The molecular weight excluding hydrogens is 435 g/mol. The maximum Gasteiger partial charge on any atom is 0.243 e. The third-order valence-electron chi connectivity index (χ3n) is 4.20. The van der Waals surface area contributed by atoms with Gasteiger partial charge in [-0.1, -0.05) is 47.0 Å². The second kappa shape index (κ2) is 10.4. The maximum absolute atomic E-state index is 13.3. The number of rotatable bonds is 9. The Kier molecular flexibility index (Phi) is 8.48. The van der Waals surface area contributed by atoms with Crippen LogP contribution < -0.4 is 5.32 Å². The number of aryl methyl sites for hydroxylation is 1. The van der Waals surface area contributed by atoms with E-state index in [2.05, 4.69) is 5.32 Å². The Morgan fingerprint density at radius 3 is 2.28 bits per heavy atom. The molecule has 0 bridgehead atoms. The summed E-state index contributed by atoms with van der Waals surface area (Å²) in [6.07, 6.45) is 0. The van der Waals surface area contributed by atoms with Crippen molar-refractivity contribution in [2.75, 3.05) is 20.3 Å². The first kappa shape index (κ1) is 23.6. The third-order valence-corrected chi connectivity index (χ3v) is 6.71. The van der Waals surface area contributed by atoms with E-state index in [4.69, 9.17) is 27.9 Å². The average Bonchev–Trinajstić information content (AvgIpc) is 2.64. The number of hydrogen-bond donors (Lipinski definition) is 1. The molecular formula is C20H24Cl2N2O4S. The predicted molar refractivity (Wildman–Crippen MR) is 115 cm³/mol. The van der Waals surface area contributed by atoms with Crippen LogP contribution >= 0.6 is 23.2 Å². The van der Waals surface area contributed by atoms with E-state index in [1.54, 1.807) is 37.3 Å². The second-order valence-corrected chi connectivity index (χ2v) is 9.46. The highest BCUT2D eigenvalue weighted by Crippen LogP contribution is 2.28. The Bertz CT molecular complexity index is 929. The lowest BCUT2D eigenvalue weighted by atomic mass is 10.2. The van der Waals surface area contributed by atoms with Crippen molar-refractivity contribution in [3.8, 4) is 0 Å². The molecule has 0 aliphatic rings. The maximum atomic E-state index is 13.3. The van der Waals surface area contributed by atoms with E-state index in [1.165, 1.54) is 19.2 Å². The van der Waals surface area contributed by atoms with Crippen LogP contribution in [0.4, 0.5) is 0 Å². The van der Waals surface area contributed by atoms with Gasteiger partial charge in [0.15, 0.2) is 0 Å². The molecule has 1 atom stereocenters. The Balaban J connectivity index is 2.36. The lowest BCUT2D eigenvalue weighted by Gasteiger charge is -2.24. The zero-order valence-electron chi connectivity index (χ0n) is 16.5. The number of carbonyl (C=O) groups excluding carboxylic acids is 1. The van der Waals surface area contributed by atoms with Gasteiger partial charge in [-0.3, -0.25) is 4.79 Å². The molecule has 2 rings (SSSR count). The fourth-order valence-electron chi connectivity index (χ4n) is 2.72. The number of halogens is 2. The normalized spacial score (nSPS) is 12.8. The lowest BCUT2D eigenvalue weighted by molar-refractivity contribution is -0.122. The topological polar surface area (TPSA) is 75.7 Å². The van der Waals surface area contributed by atoms with Crippen molar-refractivity contribution in [1.82, 2.24) is 9.62 Å². The summed E-state index contributed by atoms with van der Waals surface area (Å²) in [5, 5.41) is 3.38. The SMILES string of the molecule is COC[C@@H](C)NC(=O)CN(Cc1c(Cl)cccc1Cl)S(=O)(=O)c1ccc(C)cc1. The van der Waals surface area contributed by atoms with Crippen molar-refractivity contribution >= 4 is 39.1 Å². The number of benzene rings is 2. The second-order valence-electron chi connectivity index (χ2n) is 6.71. The first-order valence-corrected chi connectivity index (χ1v) is 11.1. The van der Waals surface area contributed by atoms with E-state index in [0.29, 0.717) is 22.2 Å². The fourth-order valence-corrected chi connectivity index (χ4v) is 4.60. The van der Waals surface area contributed by atoms with Crippen LogP contribution in [0.3, 0.4) is 0 Å². The van der Waals surface area contributed by atoms with Gasteiger partial charge in [-0.2, -0.15) is 4.31 Å². The van der Waals surface area contributed by atoms with E-state index < -0.39 is 15.9 Å². The van der Waals surface area contributed by atoms with Crippen LogP contribution in [0, 0.1) is 6.92 Å². The van der Waals surface area contributed by atoms with E-state index in [1.807, 2.05) is 6.92 Å². The van der Waals surface area contributed by atoms with Crippen LogP contribution in [0.1, 0.15) is 18.1 Å². The van der Waals surface area contributed by atoms with E-state index >= 15 is 0 Å². The van der Waals surface area contributed by atoms with Crippen LogP contribution in [-0.4, -0.2) is 44.9 Å². The number of methoxy groups -OCH3 is 1. The van der Waals surface area contributed by atoms with Gasteiger partial charge in [0.05, 0.1) is 18.0 Å². The highest BCUT2D eigenvalue weighted by Gasteiger charge is 2.28. The van der Waals surface area contributed by atoms with Crippen molar-refractivity contribution in [2.45, 2.75) is 31.3 Å². The summed E-state index contributed by atoms with van der Waals surface area (Å²) in [6, 6.07) is 11.1. The van der Waals surface area contributed by atoms with Crippen molar-refractivity contribution in [1.29, 1.82) is 0 Å². The first-order valence-electron chi connectivity index (χ1n) is 8.93. The molecule has 29 heavy (non-hydrogen) atoms. The van der Waals surface area contributed by atoms with Crippen molar-refractivity contribution in [2.24, 2.45) is 0 Å². The minimum atomic E-state index is -3.97. The molecule has 0 aliphatic heterocycles. The van der Waals surface area contributed by atoms with E-state index in [0.717, 1.165) is 9.87 Å². The van der Waals surface area contributed by atoms with Gasteiger partial charge in [-0.05, 0) is 38.1 Å². The van der Waals surface area contributed by atoms with Crippen molar-refractivity contribution < 1.29 is 17.9 Å². The highest BCUT2D eigenvalue weighted by molar-refractivity contribution is 7.89. The third kappa shape index (κ3) is 6.42. The van der Waals surface area contributed by atoms with Gasteiger partial charge in [-0.25, -0.2) is 8.42 Å². The number of amides is 1. The van der Waals surface area contributed by atoms with Gasteiger partial charge >= 0.3 is 0 Å². The molecule has 1 N–H and O–H groups in total. The van der Waals surface area contributed by atoms with Crippen molar-refractivity contribution in [3.63, 3.8) is 0 Å². The number of hydrogen-bond acceptors (Lipinski definition) is 4. The minimum absolute atomic E-state index is 0.0871. The van der Waals surface area contributed by atoms with Crippen LogP contribution in [0.15, 0.2) is 47.4 Å². The molecule has 0 spiro atoms.